The van der Waals surface area contributed by atoms with Crippen LogP contribution in [0, 0.1) is 10.1 Å². The molecule has 1 aromatic rings. The van der Waals surface area contributed by atoms with Crippen LogP contribution in [0.4, 0.5) is 24.5 Å². The number of carbonyl (C=O) groups is 1. The van der Waals surface area contributed by atoms with E-state index in [1.54, 1.807) is 12.2 Å². The molecular formula is C11H12F3N3O3. The quantitative estimate of drug-likeness (QED) is 0.644. The lowest BCUT2D eigenvalue weighted by atomic mass is 10.1. The molecule has 1 rings (SSSR count). The number of alkyl halides is 3. The van der Waals surface area contributed by atoms with E-state index >= 15 is 0 Å². The number of rotatable bonds is 5. The number of nitro groups is 1. The predicted octanol–water partition coefficient (Wildman–Crippen LogP) is 2.32. The van der Waals surface area contributed by atoms with Gasteiger partial charge in [0, 0.05) is 18.3 Å². The summed E-state index contributed by atoms with van der Waals surface area (Å²) in [4.78, 5) is 21.6. The summed E-state index contributed by atoms with van der Waals surface area (Å²) in [6.45, 7) is 0.723. The van der Waals surface area contributed by atoms with Gasteiger partial charge in [-0.05, 0) is 19.1 Å². The lowest BCUT2D eigenvalue weighted by molar-refractivity contribution is -0.385. The number of hydrogen-bond donors (Lipinski definition) is 2. The molecule has 0 unspecified atom stereocenters. The van der Waals surface area contributed by atoms with Gasteiger partial charge in [0.15, 0.2) is 0 Å². The Bertz CT molecular complexity index is 517. The first-order valence-electron chi connectivity index (χ1n) is 5.62. The molecule has 0 spiro atoms. The van der Waals surface area contributed by atoms with E-state index in [0.717, 1.165) is 12.1 Å². The third-order valence-corrected chi connectivity index (χ3v) is 2.27. The molecule has 1 aromatic carbocycles. The molecule has 0 saturated heterocycles. The number of halogens is 3. The van der Waals surface area contributed by atoms with Crippen LogP contribution in [0.1, 0.15) is 17.3 Å². The van der Waals surface area contributed by atoms with Crippen LogP contribution in [0.15, 0.2) is 18.2 Å². The van der Waals surface area contributed by atoms with E-state index in [9.17, 15) is 28.1 Å². The van der Waals surface area contributed by atoms with Crippen LogP contribution in [-0.2, 0) is 0 Å². The summed E-state index contributed by atoms with van der Waals surface area (Å²) in [5.41, 5.74) is -0.556. The fraction of sp³-hybridized carbons (Fsp3) is 0.364. The summed E-state index contributed by atoms with van der Waals surface area (Å²) in [6.07, 6.45) is -4.58. The number of amides is 1. The van der Waals surface area contributed by atoms with Crippen molar-refractivity contribution in [3.8, 4) is 0 Å². The highest BCUT2D eigenvalue weighted by atomic mass is 19.4. The van der Waals surface area contributed by atoms with E-state index in [0.29, 0.717) is 12.2 Å². The smallest absolute Gasteiger partial charge is 0.385 e. The Morgan fingerprint density at radius 1 is 1.40 bits per heavy atom. The van der Waals surface area contributed by atoms with Gasteiger partial charge in [0.25, 0.3) is 11.6 Å². The molecule has 0 aliphatic carbocycles. The molecule has 6 nitrogen and oxygen atoms in total. The van der Waals surface area contributed by atoms with Gasteiger partial charge in [-0.1, -0.05) is 0 Å². The largest absolute Gasteiger partial charge is 0.405 e. The number of hydrogen-bond acceptors (Lipinski definition) is 4. The van der Waals surface area contributed by atoms with E-state index in [1.807, 2.05) is 0 Å². The number of nitrogens with zero attached hydrogens (tertiary/aromatic N) is 1. The Morgan fingerprint density at radius 3 is 2.55 bits per heavy atom. The van der Waals surface area contributed by atoms with Crippen LogP contribution < -0.4 is 10.6 Å². The summed E-state index contributed by atoms with van der Waals surface area (Å²) in [5, 5.41) is 15.2. The maximum absolute atomic E-state index is 12.0. The standard InChI is InChI=1S/C11H12F3N3O3/c1-2-15-7-3-4-9(17(19)20)8(5-7)10(18)16-6-11(12,13)14/h3-5,15H,2,6H2,1H3,(H,16,18). The molecule has 0 atom stereocenters. The molecule has 0 saturated carbocycles. The van der Waals surface area contributed by atoms with E-state index in [-0.39, 0.29) is 0 Å². The Morgan fingerprint density at radius 2 is 2.05 bits per heavy atom. The second-order valence-corrected chi connectivity index (χ2v) is 3.82. The maximum Gasteiger partial charge on any atom is 0.405 e. The molecular weight excluding hydrogens is 279 g/mol. The first-order valence-corrected chi connectivity index (χ1v) is 5.62. The van der Waals surface area contributed by atoms with Crippen molar-refractivity contribution < 1.29 is 22.9 Å². The summed E-state index contributed by atoms with van der Waals surface area (Å²) < 4.78 is 36.1. The van der Waals surface area contributed by atoms with Gasteiger partial charge in [0.1, 0.15) is 12.1 Å². The zero-order valence-electron chi connectivity index (χ0n) is 10.5. The third-order valence-electron chi connectivity index (χ3n) is 2.27. The van der Waals surface area contributed by atoms with E-state index in [2.05, 4.69) is 5.32 Å². The Balaban J connectivity index is 3.02. The molecule has 0 aromatic heterocycles. The topological polar surface area (TPSA) is 84.3 Å². The Kier molecular flexibility index (Phi) is 4.89. The van der Waals surface area contributed by atoms with Gasteiger partial charge in [0.2, 0.25) is 0 Å². The first-order chi connectivity index (χ1) is 9.24. The summed E-state index contributed by atoms with van der Waals surface area (Å²) in [5.74, 6) is -1.14. The zero-order valence-corrected chi connectivity index (χ0v) is 10.5. The second kappa shape index (κ2) is 6.22. The summed E-state index contributed by atoms with van der Waals surface area (Å²) >= 11 is 0. The van der Waals surface area contributed by atoms with Gasteiger partial charge < -0.3 is 10.6 Å². The number of benzene rings is 1. The lowest BCUT2D eigenvalue weighted by Crippen LogP contribution is -2.34. The molecule has 20 heavy (non-hydrogen) atoms. The lowest BCUT2D eigenvalue weighted by Gasteiger charge is -2.10. The van der Waals surface area contributed by atoms with Crippen LogP contribution >= 0.6 is 0 Å². The molecule has 0 aliphatic rings. The molecule has 0 aliphatic heterocycles. The fourth-order valence-corrected chi connectivity index (χ4v) is 1.47. The van der Waals surface area contributed by atoms with Crippen molar-refractivity contribution in [2.24, 2.45) is 0 Å². The van der Waals surface area contributed by atoms with E-state index in [4.69, 9.17) is 0 Å². The van der Waals surface area contributed by atoms with Crippen LogP contribution in [0.25, 0.3) is 0 Å². The van der Waals surface area contributed by atoms with Crippen molar-refractivity contribution in [3.63, 3.8) is 0 Å². The summed E-state index contributed by atoms with van der Waals surface area (Å²) in [7, 11) is 0. The number of nitro benzene ring substituents is 1. The highest BCUT2D eigenvalue weighted by Crippen LogP contribution is 2.23. The highest BCUT2D eigenvalue weighted by molar-refractivity contribution is 5.99. The van der Waals surface area contributed by atoms with E-state index < -0.39 is 34.8 Å². The SMILES string of the molecule is CCNc1ccc([N+](=O)[O-])c(C(=O)NCC(F)(F)F)c1. The molecule has 110 valence electrons. The molecule has 0 radical (unpaired) electrons. The van der Waals surface area contributed by atoms with Gasteiger partial charge in [-0.25, -0.2) is 0 Å². The van der Waals surface area contributed by atoms with E-state index in [1.165, 1.54) is 6.07 Å². The monoisotopic (exact) mass is 291 g/mol. The molecule has 1 amide bonds. The predicted molar refractivity (Wildman–Crippen MR) is 65.6 cm³/mol. The van der Waals surface area contributed by atoms with Crippen LogP contribution in [0.2, 0.25) is 0 Å². The Labute approximate surface area is 112 Å². The number of carbonyl (C=O) groups excluding carboxylic acids is 1. The van der Waals surface area contributed by atoms with Gasteiger partial charge in [-0.2, -0.15) is 13.2 Å². The average molecular weight is 291 g/mol. The fourth-order valence-electron chi connectivity index (χ4n) is 1.47. The van der Waals surface area contributed by atoms with Crippen molar-refractivity contribution >= 4 is 17.3 Å². The van der Waals surface area contributed by atoms with Gasteiger partial charge in [-0.3, -0.25) is 14.9 Å². The second-order valence-electron chi connectivity index (χ2n) is 3.82. The van der Waals surface area contributed by atoms with Crippen LogP contribution in [-0.4, -0.2) is 30.1 Å². The van der Waals surface area contributed by atoms with Crippen molar-refractivity contribution in [1.29, 1.82) is 0 Å². The minimum absolute atomic E-state index is 0.412. The van der Waals surface area contributed by atoms with Crippen molar-refractivity contribution in [2.75, 3.05) is 18.4 Å². The van der Waals surface area contributed by atoms with Crippen LogP contribution in [0.5, 0.6) is 0 Å². The normalized spacial score (nSPS) is 11.0. The number of nitrogens with one attached hydrogen (secondary N) is 2. The molecule has 2 N–H and O–H groups in total. The third kappa shape index (κ3) is 4.41. The van der Waals surface area contributed by atoms with Crippen molar-refractivity contribution in [1.82, 2.24) is 5.32 Å². The van der Waals surface area contributed by atoms with Crippen LogP contribution in [0.3, 0.4) is 0 Å². The zero-order chi connectivity index (χ0) is 15.3. The molecule has 0 heterocycles. The first kappa shape index (κ1) is 15.7. The van der Waals surface area contributed by atoms with Gasteiger partial charge in [-0.15, -0.1) is 0 Å². The van der Waals surface area contributed by atoms with Crippen molar-refractivity contribution in [3.05, 3.63) is 33.9 Å². The summed E-state index contributed by atoms with van der Waals surface area (Å²) in [6, 6.07) is 3.59. The molecule has 0 bridgehead atoms. The Hall–Kier alpha value is -2.32. The molecule has 9 heteroatoms. The molecule has 0 fully saturated rings. The highest BCUT2D eigenvalue weighted by Gasteiger charge is 2.29. The van der Waals surface area contributed by atoms with Crippen molar-refractivity contribution in [2.45, 2.75) is 13.1 Å². The minimum Gasteiger partial charge on any atom is -0.385 e. The number of anilines is 1. The maximum atomic E-state index is 12.0. The van der Waals surface area contributed by atoms with Gasteiger partial charge >= 0.3 is 6.18 Å². The minimum atomic E-state index is -4.58. The van der Waals surface area contributed by atoms with Gasteiger partial charge in [0.05, 0.1) is 4.92 Å². The average Bonchev–Trinajstić information content (AvgIpc) is 2.35.